The van der Waals surface area contributed by atoms with E-state index < -0.39 is 5.54 Å². The van der Waals surface area contributed by atoms with E-state index in [0.29, 0.717) is 12.5 Å². The number of carbonyl (C=O) groups excluding carboxylic acids is 1. The molecule has 1 aliphatic rings. The molecule has 0 unspecified atom stereocenters. The average molecular weight is 370 g/mol. The number of carbonyl (C=O) groups is 1. The maximum Gasteiger partial charge on any atom is 0.331 e. The molecular weight excluding hydrogens is 340 g/mol. The van der Waals surface area contributed by atoms with Crippen molar-refractivity contribution in [2.75, 3.05) is 0 Å². The number of aromatic nitrogens is 3. The van der Waals surface area contributed by atoms with Gasteiger partial charge in [-0.2, -0.15) is 15.0 Å². The number of ether oxygens (including phenoxy) is 1. The molecule has 1 atom stereocenters. The second-order valence-electron chi connectivity index (χ2n) is 9.02. The van der Waals surface area contributed by atoms with Crippen LogP contribution in [0.1, 0.15) is 65.5 Å². The Balaban J connectivity index is 1.88. The van der Waals surface area contributed by atoms with E-state index in [1.54, 1.807) is 11.0 Å². The van der Waals surface area contributed by atoms with Crippen LogP contribution >= 0.6 is 0 Å². The molecule has 2 aromatic rings. The third-order valence-electron chi connectivity index (χ3n) is 4.59. The van der Waals surface area contributed by atoms with Crippen LogP contribution in [0.2, 0.25) is 0 Å². The zero-order chi connectivity index (χ0) is 19.8. The standard InChI is InChI=1S/C21H30N4O2/c1-14(2)27-19(26)21(22,13-20(3,4)5)16-8-6-15(7-9-16)18-12-23-25(24-18)17-10-11-17/h6-9,12,14,17H,10-11,13,22H2,1-5H3/t21-/m1/s1. The summed E-state index contributed by atoms with van der Waals surface area (Å²) in [4.78, 5) is 14.6. The first kappa shape index (κ1) is 19.5. The van der Waals surface area contributed by atoms with Crippen LogP contribution in [0.15, 0.2) is 30.5 Å². The topological polar surface area (TPSA) is 83.0 Å². The molecule has 1 aromatic heterocycles. The number of rotatable bonds is 6. The largest absolute Gasteiger partial charge is 0.461 e. The maximum atomic E-state index is 12.8. The van der Waals surface area contributed by atoms with Gasteiger partial charge in [0.25, 0.3) is 0 Å². The first-order valence-electron chi connectivity index (χ1n) is 9.61. The van der Waals surface area contributed by atoms with Gasteiger partial charge in [-0.15, -0.1) is 0 Å². The molecular formula is C21H30N4O2. The van der Waals surface area contributed by atoms with Crippen LogP contribution in [-0.4, -0.2) is 27.1 Å². The normalized spacial score (nSPS) is 17.0. The van der Waals surface area contributed by atoms with E-state index in [1.807, 2.05) is 38.1 Å². The van der Waals surface area contributed by atoms with E-state index >= 15 is 0 Å². The molecule has 6 nitrogen and oxygen atoms in total. The summed E-state index contributed by atoms with van der Waals surface area (Å²) < 4.78 is 5.48. The predicted octanol–water partition coefficient (Wildman–Crippen LogP) is 3.82. The van der Waals surface area contributed by atoms with E-state index in [-0.39, 0.29) is 17.5 Å². The highest BCUT2D eigenvalue weighted by Gasteiger charge is 2.41. The summed E-state index contributed by atoms with van der Waals surface area (Å²) >= 11 is 0. The van der Waals surface area contributed by atoms with Crippen molar-refractivity contribution in [3.63, 3.8) is 0 Å². The van der Waals surface area contributed by atoms with E-state index in [0.717, 1.165) is 29.7 Å². The van der Waals surface area contributed by atoms with E-state index in [1.165, 1.54) is 0 Å². The Morgan fingerprint density at radius 3 is 2.41 bits per heavy atom. The quantitative estimate of drug-likeness (QED) is 0.782. The van der Waals surface area contributed by atoms with Gasteiger partial charge in [0.15, 0.2) is 0 Å². The lowest BCUT2D eigenvalue weighted by molar-refractivity contribution is -0.156. The fourth-order valence-corrected chi connectivity index (χ4v) is 3.28. The van der Waals surface area contributed by atoms with Crippen LogP contribution < -0.4 is 5.73 Å². The number of hydrogen-bond acceptors (Lipinski definition) is 5. The van der Waals surface area contributed by atoms with Crippen LogP contribution in [0.3, 0.4) is 0 Å². The molecule has 0 radical (unpaired) electrons. The Kier molecular flexibility index (Phi) is 5.12. The lowest BCUT2D eigenvalue weighted by Gasteiger charge is -2.34. The zero-order valence-corrected chi connectivity index (χ0v) is 16.9. The predicted molar refractivity (Wildman–Crippen MR) is 105 cm³/mol. The molecule has 1 aliphatic carbocycles. The molecule has 1 aromatic carbocycles. The summed E-state index contributed by atoms with van der Waals surface area (Å²) in [6.07, 6.45) is 4.35. The van der Waals surface area contributed by atoms with Crippen LogP contribution in [0.4, 0.5) is 0 Å². The summed E-state index contributed by atoms with van der Waals surface area (Å²) in [6.45, 7) is 9.88. The third kappa shape index (κ3) is 4.56. The van der Waals surface area contributed by atoms with Gasteiger partial charge >= 0.3 is 5.97 Å². The lowest BCUT2D eigenvalue weighted by atomic mass is 9.76. The number of benzene rings is 1. The van der Waals surface area contributed by atoms with Crippen molar-refractivity contribution >= 4 is 5.97 Å². The number of esters is 1. The third-order valence-corrected chi connectivity index (χ3v) is 4.59. The van der Waals surface area contributed by atoms with Gasteiger partial charge in [0.2, 0.25) is 0 Å². The van der Waals surface area contributed by atoms with Gasteiger partial charge in [-0.3, -0.25) is 0 Å². The van der Waals surface area contributed by atoms with Gasteiger partial charge in [0.1, 0.15) is 11.2 Å². The number of nitrogens with zero attached hydrogens (tertiary/aromatic N) is 3. The van der Waals surface area contributed by atoms with Gasteiger partial charge in [0, 0.05) is 5.56 Å². The monoisotopic (exact) mass is 370 g/mol. The molecule has 0 aliphatic heterocycles. The van der Waals surface area contributed by atoms with Gasteiger partial charge in [-0.25, -0.2) is 4.79 Å². The van der Waals surface area contributed by atoms with E-state index in [2.05, 4.69) is 31.0 Å². The molecule has 0 amide bonds. The van der Waals surface area contributed by atoms with Crippen molar-refractivity contribution < 1.29 is 9.53 Å². The van der Waals surface area contributed by atoms with Crippen LogP contribution in [0, 0.1) is 5.41 Å². The van der Waals surface area contributed by atoms with Gasteiger partial charge < -0.3 is 10.5 Å². The van der Waals surface area contributed by atoms with Gasteiger partial charge in [-0.1, -0.05) is 45.0 Å². The Hall–Kier alpha value is -2.21. The van der Waals surface area contributed by atoms with Crippen molar-refractivity contribution in [3.8, 4) is 11.3 Å². The first-order chi connectivity index (χ1) is 12.6. The van der Waals surface area contributed by atoms with E-state index in [9.17, 15) is 4.79 Å². The van der Waals surface area contributed by atoms with Crippen molar-refractivity contribution in [1.29, 1.82) is 0 Å². The van der Waals surface area contributed by atoms with E-state index in [4.69, 9.17) is 10.5 Å². The first-order valence-corrected chi connectivity index (χ1v) is 9.61. The molecule has 146 valence electrons. The van der Waals surface area contributed by atoms with Crippen LogP contribution in [0.25, 0.3) is 11.3 Å². The molecule has 27 heavy (non-hydrogen) atoms. The van der Waals surface area contributed by atoms with Gasteiger partial charge in [0.05, 0.1) is 18.3 Å². The summed E-state index contributed by atoms with van der Waals surface area (Å²) in [7, 11) is 0. The summed E-state index contributed by atoms with van der Waals surface area (Å²) in [6, 6.07) is 8.15. The summed E-state index contributed by atoms with van der Waals surface area (Å²) in [5, 5.41) is 8.89. The van der Waals surface area contributed by atoms with Crippen molar-refractivity contribution in [3.05, 3.63) is 36.0 Å². The lowest BCUT2D eigenvalue weighted by Crippen LogP contribution is -2.49. The molecule has 0 saturated heterocycles. The molecule has 6 heteroatoms. The second kappa shape index (κ2) is 7.08. The molecule has 0 spiro atoms. The minimum Gasteiger partial charge on any atom is -0.461 e. The fourth-order valence-electron chi connectivity index (χ4n) is 3.28. The van der Waals surface area contributed by atoms with Gasteiger partial charge in [-0.05, 0) is 44.1 Å². The minimum atomic E-state index is -1.19. The average Bonchev–Trinajstić information content (AvgIpc) is 3.30. The Labute approximate surface area is 161 Å². The Morgan fingerprint density at radius 1 is 1.26 bits per heavy atom. The smallest absolute Gasteiger partial charge is 0.331 e. The zero-order valence-electron chi connectivity index (χ0n) is 16.9. The molecule has 0 bridgehead atoms. The highest BCUT2D eigenvalue weighted by molar-refractivity contribution is 5.83. The van der Waals surface area contributed by atoms with Crippen LogP contribution in [0.5, 0.6) is 0 Å². The molecule has 1 fully saturated rings. The molecule has 1 heterocycles. The number of hydrogen-bond donors (Lipinski definition) is 1. The molecule has 2 N–H and O–H groups in total. The fraction of sp³-hybridized carbons (Fsp3) is 0.571. The minimum absolute atomic E-state index is 0.129. The highest BCUT2D eigenvalue weighted by Crippen LogP contribution is 2.36. The highest BCUT2D eigenvalue weighted by atomic mass is 16.5. The molecule has 1 saturated carbocycles. The van der Waals surface area contributed by atoms with Crippen LogP contribution in [-0.2, 0) is 15.1 Å². The Bertz CT molecular complexity index is 800. The molecule has 3 rings (SSSR count). The summed E-state index contributed by atoms with van der Waals surface area (Å²) in [5.74, 6) is -0.389. The maximum absolute atomic E-state index is 12.8. The number of nitrogens with two attached hydrogens (primary N) is 1. The van der Waals surface area contributed by atoms with Crippen molar-refractivity contribution in [2.24, 2.45) is 11.1 Å². The van der Waals surface area contributed by atoms with Crippen molar-refractivity contribution in [2.45, 2.75) is 71.6 Å². The second-order valence-corrected chi connectivity index (χ2v) is 9.02. The van der Waals surface area contributed by atoms with Crippen molar-refractivity contribution in [1.82, 2.24) is 15.0 Å². The summed E-state index contributed by atoms with van der Waals surface area (Å²) in [5.41, 5.74) is 7.86. The Morgan fingerprint density at radius 2 is 1.89 bits per heavy atom. The SMILES string of the molecule is CC(C)OC(=O)[C@@](N)(CC(C)(C)C)c1ccc(-c2cnn(C3CC3)n2)cc1.